The van der Waals surface area contributed by atoms with Crippen molar-refractivity contribution in [1.29, 1.82) is 0 Å². The molecule has 0 unspecified atom stereocenters. The van der Waals surface area contributed by atoms with Crippen LogP contribution < -0.4 is 5.32 Å². The Hall–Kier alpha value is -1.85. The van der Waals surface area contributed by atoms with E-state index in [-0.39, 0.29) is 18.3 Å². The Morgan fingerprint density at radius 2 is 1.86 bits per heavy atom. The van der Waals surface area contributed by atoms with Crippen LogP contribution in [0.4, 0.5) is 0 Å². The highest BCUT2D eigenvalue weighted by atomic mass is 35.5. The first-order valence-corrected chi connectivity index (χ1v) is 6.87. The number of hydrogen-bond donors (Lipinski definition) is 1. The number of amides is 1. The van der Waals surface area contributed by atoms with E-state index < -0.39 is 0 Å². The van der Waals surface area contributed by atoms with Crippen LogP contribution in [0.25, 0.3) is 5.69 Å². The molecule has 1 N–H and O–H groups in total. The zero-order valence-corrected chi connectivity index (χ0v) is 12.8. The van der Waals surface area contributed by atoms with Gasteiger partial charge in [-0.15, -0.1) is 12.4 Å². The minimum atomic E-state index is 0. The number of rotatable bonds is 2. The van der Waals surface area contributed by atoms with Crippen molar-refractivity contribution in [3.05, 3.63) is 47.8 Å². The summed E-state index contributed by atoms with van der Waals surface area (Å²) in [7, 11) is 0. The summed E-state index contributed by atoms with van der Waals surface area (Å²) in [5, 5.41) is 7.61. The first kappa shape index (κ1) is 15.5. The van der Waals surface area contributed by atoms with E-state index >= 15 is 0 Å². The highest BCUT2D eigenvalue weighted by Crippen LogP contribution is 2.15. The van der Waals surface area contributed by atoms with Gasteiger partial charge in [0.2, 0.25) is 0 Å². The van der Waals surface area contributed by atoms with Crippen molar-refractivity contribution in [3.63, 3.8) is 0 Å². The van der Waals surface area contributed by atoms with Gasteiger partial charge in [-0.1, -0.05) is 18.2 Å². The Morgan fingerprint density at radius 3 is 2.52 bits per heavy atom. The molecular formula is C15H19ClN4O. The molecule has 0 bridgehead atoms. The molecule has 3 rings (SSSR count). The van der Waals surface area contributed by atoms with Crippen molar-refractivity contribution in [2.75, 3.05) is 26.2 Å². The van der Waals surface area contributed by atoms with E-state index in [0.29, 0.717) is 5.56 Å². The Labute approximate surface area is 130 Å². The number of carbonyl (C=O) groups is 1. The molecule has 2 heterocycles. The van der Waals surface area contributed by atoms with Gasteiger partial charge in [0.15, 0.2) is 0 Å². The molecule has 1 aromatic heterocycles. The van der Waals surface area contributed by atoms with Crippen LogP contribution in [0.1, 0.15) is 16.1 Å². The van der Waals surface area contributed by atoms with Gasteiger partial charge in [-0.2, -0.15) is 5.10 Å². The van der Waals surface area contributed by atoms with Gasteiger partial charge in [-0.25, -0.2) is 4.68 Å². The highest BCUT2D eigenvalue weighted by Gasteiger charge is 2.22. The number of nitrogens with zero attached hydrogens (tertiary/aromatic N) is 3. The van der Waals surface area contributed by atoms with Crippen LogP contribution in [0, 0.1) is 6.92 Å². The minimum Gasteiger partial charge on any atom is -0.336 e. The van der Waals surface area contributed by atoms with E-state index in [9.17, 15) is 4.79 Å². The van der Waals surface area contributed by atoms with Gasteiger partial charge in [0.25, 0.3) is 5.91 Å². The van der Waals surface area contributed by atoms with Crippen LogP contribution in [0.3, 0.4) is 0 Å². The van der Waals surface area contributed by atoms with Crippen molar-refractivity contribution in [3.8, 4) is 5.69 Å². The number of para-hydroxylation sites is 1. The zero-order chi connectivity index (χ0) is 13.9. The fraction of sp³-hybridized carbons (Fsp3) is 0.333. The molecule has 0 aliphatic carbocycles. The molecular weight excluding hydrogens is 288 g/mol. The quantitative estimate of drug-likeness (QED) is 0.918. The molecule has 0 atom stereocenters. The van der Waals surface area contributed by atoms with Crippen LogP contribution >= 0.6 is 12.4 Å². The normalized spacial score (nSPS) is 14.6. The molecule has 5 nitrogen and oxygen atoms in total. The van der Waals surface area contributed by atoms with Crippen LogP contribution in [-0.4, -0.2) is 46.8 Å². The first-order chi connectivity index (χ1) is 9.77. The SMILES string of the molecule is Cc1c(C(=O)N2CCNCC2)cnn1-c1ccccc1.Cl. The fourth-order valence-electron chi connectivity index (χ4n) is 2.49. The van der Waals surface area contributed by atoms with Gasteiger partial charge in [0.1, 0.15) is 0 Å². The van der Waals surface area contributed by atoms with Crippen LogP contribution in [0.2, 0.25) is 0 Å². The number of carbonyl (C=O) groups excluding carboxylic acids is 1. The topological polar surface area (TPSA) is 50.2 Å². The maximum atomic E-state index is 12.5. The van der Waals surface area contributed by atoms with Gasteiger partial charge in [0.05, 0.1) is 23.1 Å². The lowest BCUT2D eigenvalue weighted by Gasteiger charge is -2.27. The van der Waals surface area contributed by atoms with E-state index in [1.54, 1.807) is 6.20 Å². The van der Waals surface area contributed by atoms with Crippen molar-refractivity contribution in [1.82, 2.24) is 20.0 Å². The smallest absolute Gasteiger partial charge is 0.257 e. The van der Waals surface area contributed by atoms with E-state index in [0.717, 1.165) is 37.6 Å². The monoisotopic (exact) mass is 306 g/mol. The second-order valence-electron chi connectivity index (χ2n) is 4.93. The van der Waals surface area contributed by atoms with Crippen molar-refractivity contribution < 1.29 is 4.79 Å². The molecule has 21 heavy (non-hydrogen) atoms. The maximum absolute atomic E-state index is 12.5. The second kappa shape index (κ2) is 6.74. The predicted octanol–water partition coefficient (Wildman–Crippen LogP) is 1.65. The van der Waals surface area contributed by atoms with Crippen LogP contribution in [0.15, 0.2) is 36.5 Å². The number of nitrogens with one attached hydrogen (secondary N) is 1. The highest BCUT2D eigenvalue weighted by molar-refractivity contribution is 5.95. The summed E-state index contributed by atoms with van der Waals surface area (Å²) in [6, 6.07) is 9.87. The second-order valence-corrected chi connectivity index (χ2v) is 4.93. The number of aromatic nitrogens is 2. The number of benzene rings is 1. The van der Waals surface area contributed by atoms with E-state index in [4.69, 9.17) is 0 Å². The Kier molecular flexibility index (Phi) is 4.98. The molecule has 0 saturated carbocycles. The molecule has 0 spiro atoms. The minimum absolute atomic E-state index is 0. The van der Waals surface area contributed by atoms with Gasteiger partial charge < -0.3 is 10.2 Å². The summed E-state index contributed by atoms with van der Waals surface area (Å²) in [6.45, 7) is 5.17. The third-order valence-corrected chi connectivity index (χ3v) is 3.65. The lowest BCUT2D eigenvalue weighted by molar-refractivity contribution is 0.0735. The lowest BCUT2D eigenvalue weighted by atomic mass is 10.2. The summed E-state index contributed by atoms with van der Waals surface area (Å²) in [5.41, 5.74) is 2.56. The predicted molar refractivity (Wildman–Crippen MR) is 84.3 cm³/mol. The van der Waals surface area contributed by atoms with Crippen LogP contribution in [-0.2, 0) is 0 Å². The van der Waals surface area contributed by atoms with E-state index in [2.05, 4.69) is 10.4 Å². The molecule has 1 aliphatic heterocycles. The summed E-state index contributed by atoms with van der Waals surface area (Å²) in [4.78, 5) is 14.4. The molecule has 1 saturated heterocycles. The van der Waals surface area contributed by atoms with Gasteiger partial charge in [-0.05, 0) is 19.1 Å². The van der Waals surface area contributed by atoms with E-state index in [1.165, 1.54) is 0 Å². The number of halogens is 1. The Balaban J connectivity index is 0.00000161. The third kappa shape index (κ3) is 3.09. The molecule has 1 amide bonds. The van der Waals surface area contributed by atoms with Crippen molar-refractivity contribution in [2.45, 2.75) is 6.92 Å². The maximum Gasteiger partial charge on any atom is 0.257 e. The first-order valence-electron chi connectivity index (χ1n) is 6.87. The zero-order valence-electron chi connectivity index (χ0n) is 12.0. The molecule has 1 aromatic carbocycles. The molecule has 1 fully saturated rings. The van der Waals surface area contributed by atoms with Crippen LogP contribution in [0.5, 0.6) is 0 Å². The Morgan fingerprint density at radius 1 is 1.19 bits per heavy atom. The molecule has 0 radical (unpaired) electrons. The van der Waals surface area contributed by atoms with Gasteiger partial charge in [0, 0.05) is 26.2 Å². The average Bonchev–Trinajstić information content (AvgIpc) is 2.90. The van der Waals surface area contributed by atoms with E-state index in [1.807, 2.05) is 46.8 Å². The Bertz CT molecular complexity index is 605. The number of piperazine rings is 1. The largest absolute Gasteiger partial charge is 0.336 e. The van der Waals surface area contributed by atoms with Crippen molar-refractivity contribution in [2.24, 2.45) is 0 Å². The summed E-state index contributed by atoms with van der Waals surface area (Å²) in [6.07, 6.45) is 1.67. The summed E-state index contributed by atoms with van der Waals surface area (Å²) in [5.74, 6) is 0.0752. The number of hydrogen-bond acceptors (Lipinski definition) is 3. The molecule has 6 heteroatoms. The molecule has 112 valence electrons. The summed E-state index contributed by atoms with van der Waals surface area (Å²) >= 11 is 0. The lowest BCUT2D eigenvalue weighted by Crippen LogP contribution is -2.46. The van der Waals surface area contributed by atoms with Crippen molar-refractivity contribution >= 4 is 18.3 Å². The molecule has 1 aliphatic rings. The third-order valence-electron chi connectivity index (χ3n) is 3.65. The van der Waals surface area contributed by atoms with Gasteiger partial charge in [-0.3, -0.25) is 4.79 Å². The average molecular weight is 307 g/mol. The summed E-state index contributed by atoms with van der Waals surface area (Å²) < 4.78 is 1.81. The fourth-order valence-corrected chi connectivity index (χ4v) is 2.49. The van der Waals surface area contributed by atoms with Gasteiger partial charge >= 0.3 is 0 Å². The standard InChI is InChI=1S/C15H18N4O.ClH/c1-12-14(15(20)18-9-7-16-8-10-18)11-17-19(12)13-5-3-2-4-6-13;/h2-6,11,16H,7-10H2,1H3;1H. The molecule has 2 aromatic rings.